The molecule has 17 heavy (non-hydrogen) atoms. The van der Waals surface area contributed by atoms with Gasteiger partial charge in [0, 0.05) is 11.6 Å². The van der Waals surface area contributed by atoms with E-state index in [0.29, 0.717) is 10.8 Å². The first kappa shape index (κ1) is 11.8. The maximum absolute atomic E-state index is 12.0. The largest absolute Gasteiger partial charge is 0.323 e. The summed E-state index contributed by atoms with van der Waals surface area (Å²) in [6.07, 6.45) is 1.52. The summed E-state index contributed by atoms with van der Waals surface area (Å²) in [6, 6.07) is 6.36. The summed E-state index contributed by atoms with van der Waals surface area (Å²) >= 11 is 1.20. The van der Waals surface area contributed by atoms with E-state index in [4.69, 9.17) is 5.84 Å². The molecule has 0 fully saturated rings. The van der Waals surface area contributed by atoms with Crippen molar-refractivity contribution in [3.05, 3.63) is 35.8 Å². The molecule has 0 unspecified atom stereocenters. The summed E-state index contributed by atoms with van der Waals surface area (Å²) in [5.41, 5.74) is 2.68. The van der Waals surface area contributed by atoms with Gasteiger partial charge in [-0.25, -0.2) is 13.4 Å². The van der Waals surface area contributed by atoms with E-state index in [1.54, 1.807) is 23.6 Å². The number of sulfonamides is 1. The summed E-state index contributed by atoms with van der Waals surface area (Å²) in [5, 5.41) is 2.00. The molecule has 6 nitrogen and oxygen atoms in total. The Morgan fingerprint density at radius 2 is 2.06 bits per heavy atom. The second-order valence-corrected chi connectivity index (χ2v) is 5.63. The molecule has 4 N–H and O–H groups in total. The predicted octanol–water partition coefficient (Wildman–Crippen LogP) is 1.23. The van der Waals surface area contributed by atoms with Gasteiger partial charge in [0.15, 0.2) is 5.13 Å². The first-order valence-electron chi connectivity index (χ1n) is 4.61. The van der Waals surface area contributed by atoms with Crippen molar-refractivity contribution in [1.29, 1.82) is 0 Å². The lowest BCUT2D eigenvalue weighted by Gasteiger charge is -2.09. The van der Waals surface area contributed by atoms with E-state index in [2.05, 4.69) is 15.1 Å². The highest BCUT2D eigenvalue weighted by atomic mass is 32.2. The van der Waals surface area contributed by atoms with Crippen molar-refractivity contribution in [3.8, 4) is 0 Å². The maximum atomic E-state index is 12.0. The molecular formula is C9H10N4O2S2. The van der Waals surface area contributed by atoms with Crippen LogP contribution in [0.25, 0.3) is 0 Å². The van der Waals surface area contributed by atoms with E-state index in [-0.39, 0.29) is 4.90 Å². The number of hydrazine groups is 1. The highest BCUT2D eigenvalue weighted by Crippen LogP contribution is 2.23. The molecule has 0 aliphatic heterocycles. The third-order valence-corrected chi connectivity index (χ3v) is 4.20. The summed E-state index contributed by atoms with van der Waals surface area (Å²) in [6.45, 7) is 0. The van der Waals surface area contributed by atoms with Crippen molar-refractivity contribution < 1.29 is 8.42 Å². The van der Waals surface area contributed by atoms with Crippen molar-refractivity contribution in [3.63, 3.8) is 0 Å². The van der Waals surface area contributed by atoms with E-state index >= 15 is 0 Å². The molecule has 1 heterocycles. The number of benzene rings is 1. The van der Waals surface area contributed by atoms with E-state index in [0.717, 1.165) is 0 Å². The van der Waals surface area contributed by atoms with Gasteiger partial charge >= 0.3 is 0 Å². The minimum absolute atomic E-state index is 0.0812. The summed E-state index contributed by atoms with van der Waals surface area (Å²) in [4.78, 5) is 3.94. The van der Waals surface area contributed by atoms with Crippen LogP contribution in [0.2, 0.25) is 0 Å². The lowest BCUT2D eigenvalue weighted by Crippen LogP contribution is -2.17. The number of para-hydroxylation sites is 1. The smallest absolute Gasteiger partial charge is 0.265 e. The molecule has 0 spiro atoms. The van der Waals surface area contributed by atoms with Crippen LogP contribution in [0, 0.1) is 0 Å². The standard InChI is InChI=1S/C9H10N4O2S2/c10-12-7-3-1-2-4-8(7)17(14,15)13-9-11-5-6-16-9/h1-6,12H,10H2,(H,11,13). The van der Waals surface area contributed by atoms with Crippen molar-refractivity contribution in [2.75, 3.05) is 10.1 Å². The lowest BCUT2D eigenvalue weighted by molar-refractivity contribution is 0.601. The topological polar surface area (TPSA) is 97.1 Å². The maximum Gasteiger partial charge on any atom is 0.265 e. The Balaban J connectivity index is 2.38. The Morgan fingerprint density at radius 3 is 2.71 bits per heavy atom. The van der Waals surface area contributed by atoms with Gasteiger partial charge < -0.3 is 5.43 Å². The molecule has 0 saturated carbocycles. The highest BCUT2D eigenvalue weighted by molar-refractivity contribution is 7.93. The third-order valence-electron chi connectivity index (χ3n) is 1.99. The zero-order valence-corrected chi connectivity index (χ0v) is 10.3. The first-order chi connectivity index (χ1) is 8.13. The number of hydrogen-bond acceptors (Lipinski definition) is 6. The lowest BCUT2D eigenvalue weighted by atomic mass is 10.3. The van der Waals surface area contributed by atoms with Gasteiger partial charge in [-0.15, -0.1) is 11.3 Å². The number of nitrogens with one attached hydrogen (secondary N) is 2. The Morgan fingerprint density at radius 1 is 1.29 bits per heavy atom. The number of hydrogen-bond donors (Lipinski definition) is 3. The van der Waals surface area contributed by atoms with Crippen LogP contribution in [0.4, 0.5) is 10.8 Å². The summed E-state index contributed by atoms with van der Waals surface area (Å²) in [7, 11) is -3.67. The van der Waals surface area contributed by atoms with Gasteiger partial charge in [0.2, 0.25) is 0 Å². The Bertz CT molecular complexity index is 595. The number of nitrogens with zero attached hydrogens (tertiary/aromatic N) is 1. The zero-order valence-electron chi connectivity index (χ0n) is 8.62. The first-order valence-corrected chi connectivity index (χ1v) is 6.98. The minimum atomic E-state index is -3.67. The van der Waals surface area contributed by atoms with Crippen LogP contribution in [-0.2, 0) is 10.0 Å². The molecule has 8 heteroatoms. The van der Waals surface area contributed by atoms with Crippen LogP contribution < -0.4 is 16.0 Å². The summed E-state index contributed by atoms with van der Waals surface area (Å²) in [5.74, 6) is 5.27. The fraction of sp³-hybridized carbons (Fsp3) is 0. The van der Waals surface area contributed by atoms with Gasteiger partial charge in [-0.3, -0.25) is 10.6 Å². The average molecular weight is 270 g/mol. The second-order valence-electron chi connectivity index (χ2n) is 3.08. The molecule has 0 bridgehead atoms. The van der Waals surface area contributed by atoms with Crippen LogP contribution in [0.15, 0.2) is 40.7 Å². The number of aromatic nitrogens is 1. The molecule has 0 aliphatic rings. The summed E-state index contributed by atoms with van der Waals surface area (Å²) < 4.78 is 26.5. The van der Waals surface area contributed by atoms with E-state index in [1.165, 1.54) is 23.6 Å². The van der Waals surface area contributed by atoms with Crippen LogP contribution in [0.5, 0.6) is 0 Å². The van der Waals surface area contributed by atoms with Crippen molar-refractivity contribution in [2.45, 2.75) is 4.90 Å². The van der Waals surface area contributed by atoms with Crippen molar-refractivity contribution >= 4 is 32.2 Å². The minimum Gasteiger partial charge on any atom is -0.323 e. The number of nitrogens with two attached hydrogens (primary N) is 1. The van der Waals surface area contributed by atoms with Gasteiger partial charge in [-0.05, 0) is 12.1 Å². The third kappa shape index (κ3) is 2.54. The molecule has 0 saturated heterocycles. The molecule has 0 atom stereocenters. The van der Waals surface area contributed by atoms with Crippen LogP contribution >= 0.6 is 11.3 Å². The highest BCUT2D eigenvalue weighted by Gasteiger charge is 2.18. The quantitative estimate of drug-likeness (QED) is 0.573. The zero-order chi connectivity index (χ0) is 12.3. The van der Waals surface area contributed by atoms with Crippen molar-refractivity contribution in [2.24, 2.45) is 5.84 Å². The molecular weight excluding hydrogens is 260 g/mol. The number of anilines is 2. The fourth-order valence-corrected chi connectivity index (χ4v) is 3.22. The predicted molar refractivity (Wildman–Crippen MR) is 67.2 cm³/mol. The van der Waals surface area contributed by atoms with E-state index in [1.807, 2.05) is 0 Å². The number of thiazole rings is 1. The van der Waals surface area contributed by atoms with Gasteiger partial charge in [0.1, 0.15) is 4.90 Å². The van der Waals surface area contributed by atoms with Crippen LogP contribution in [0.1, 0.15) is 0 Å². The Labute approximate surface area is 103 Å². The number of nitrogen functional groups attached to an aromatic ring is 1. The monoisotopic (exact) mass is 270 g/mol. The molecule has 1 aromatic carbocycles. The van der Waals surface area contributed by atoms with Gasteiger partial charge in [0.05, 0.1) is 5.69 Å². The molecule has 1 aromatic heterocycles. The number of rotatable bonds is 4. The molecule has 0 amide bonds. The van der Waals surface area contributed by atoms with Crippen LogP contribution in [0.3, 0.4) is 0 Å². The Hall–Kier alpha value is -1.64. The molecule has 0 aliphatic carbocycles. The molecule has 2 rings (SSSR count). The van der Waals surface area contributed by atoms with E-state index in [9.17, 15) is 8.42 Å². The van der Waals surface area contributed by atoms with E-state index < -0.39 is 10.0 Å². The Kier molecular flexibility index (Phi) is 3.27. The second kappa shape index (κ2) is 4.70. The van der Waals surface area contributed by atoms with Crippen LogP contribution in [-0.4, -0.2) is 13.4 Å². The average Bonchev–Trinajstić information content (AvgIpc) is 2.81. The normalized spacial score (nSPS) is 11.1. The van der Waals surface area contributed by atoms with Gasteiger partial charge in [-0.1, -0.05) is 12.1 Å². The SMILES string of the molecule is NNc1ccccc1S(=O)(=O)Nc1nccs1. The molecule has 2 aromatic rings. The van der Waals surface area contributed by atoms with Gasteiger partial charge in [-0.2, -0.15) is 0 Å². The molecule has 90 valence electrons. The fourth-order valence-electron chi connectivity index (χ4n) is 1.26. The van der Waals surface area contributed by atoms with Crippen molar-refractivity contribution in [1.82, 2.24) is 4.98 Å². The molecule has 0 radical (unpaired) electrons. The van der Waals surface area contributed by atoms with Gasteiger partial charge in [0.25, 0.3) is 10.0 Å².